The number of nitrogens with zero attached hydrogens (tertiary/aromatic N) is 5. The predicted octanol–water partition coefficient (Wildman–Crippen LogP) is 14.5. The van der Waals surface area contributed by atoms with Gasteiger partial charge in [-0.25, -0.2) is 47.9 Å². The number of aromatic nitrogens is 6. The molecule has 715 valence electrons. The Bertz CT molecular complexity index is 6130. The number of aliphatic hydroxyl groups excluding tert-OH is 1. The number of phenolic OH excluding ortho intramolecular Hbond substituents is 2. The number of carboxylic acids is 2. The van der Waals surface area contributed by atoms with Gasteiger partial charge >= 0.3 is 107 Å². The van der Waals surface area contributed by atoms with Gasteiger partial charge in [0.05, 0.1) is 133 Å². The molecule has 134 heavy (non-hydrogen) atoms. The van der Waals surface area contributed by atoms with E-state index in [4.69, 9.17) is 33.9 Å². The Labute approximate surface area is 805 Å². The summed E-state index contributed by atoms with van der Waals surface area (Å²) < 4.78 is 59.0. The van der Waals surface area contributed by atoms with Crippen molar-refractivity contribution >= 4 is 113 Å². The number of phenols is 2. The SMILES string of the molecule is CCCC(CC(=O)O)n1c(=O)n(Cc2cc(C)cc(O)c2C)c2ccccc21.CCCC(CC(=O)OC)n1c(=O)[nH]c2ccccc21.CCCC(CC(=O)OC)n1c(=O)n(Cc2cc(C)cc(OC(=O)OC)c2C)c2ccccc21.COC(=O)Cl.COC(=O)OC(=O)c1cc(C)cc(OC(=O)OC)c1C.COC(=O)Oc1cc(C)cc(CO)c1C.Cc1cc(O)c(C)c(C(=O)O)c1.[B].[H-].[Na+]. The van der Waals surface area contributed by atoms with Crippen molar-refractivity contribution in [3.63, 3.8) is 0 Å². The second-order valence-corrected chi connectivity index (χ2v) is 30.5. The van der Waals surface area contributed by atoms with Crippen molar-refractivity contribution in [2.45, 2.75) is 186 Å². The Morgan fingerprint density at radius 1 is 0.410 bits per heavy atom. The number of aliphatic carboxylic acids is 1. The molecule has 3 heterocycles. The van der Waals surface area contributed by atoms with Crippen LogP contribution in [0.15, 0.2) is 148 Å². The molecule has 11 aromatic rings. The van der Waals surface area contributed by atoms with Crippen LogP contribution >= 0.6 is 11.6 Å². The van der Waals surface area contributed by atoms with Gasteiger partial charge in [0.15, 0.2) is 0 Å². The number of carbonyl (C=O) groups is 10. The zero-order valence-electron chi connectivity index (χ0n) is 80.1. The van der Waals surface area contributed by atoms with Crippen molar-refractivity contribution < 1.29 is 157 Å². The molecule has 0 saturated carbocycles. The largest absolute Gasteiger partial charge is 1.00 e. The minimum absolute atomic E-state index is 0. The maximum Gasteiger partial charge on any atom is 1.00 e. The third-order valence-electron chi connectivity index (χ3n) is 20.7. The van der Waals surface area contributed by atoms with Crippen LogP contribution < -0.4 is 60.8 Å². The number of carbonyl (C=O) groups excluding carboxylic acids is 8. The van der Waals surface area contributed by atoms with Crippen LogP contribution in [0.4, 0.5) is 24.0 Å². The van der Waals surface area contributed by atoms with E-state index >= 15 is 0 Å². The van der Waals surface area contributed by atoms with Crippen molar-refractivity contribution in [2.75, 3.05) is 49.8 Å². The summed E-state index contributed by atoms with van der Waals surface area (Å²) in [7, 11) is 8.69. The molecular weight excluding hydrogens is 1770 g/mol. The summed E-state index contributed by atoms with van der Waals surface area (Å²) in [5.74, 6) is -2.26. The summed E-state index contributed by atoms with van der Waals surface area (Å²) in [6.07, 6.45) is 1.21. The first-order valence-corrected chi connectivity index (χ1v) is 41.9. The molecule has 0 spiro atoms. The van der Waals surface area contributed by atoms with Gasteiger partial charge in [-0.05, 0) is 229 Å². The molecular formula is C96H116BClN6NaO29. The first-order valence-electron chi connectivity index (χ1n) is 41.6. The predicted molar refractivity (Wildman–Crippen MR) is 498 cm³/mol. The van der Waals surface area contributed by atoms with Gasteiger partial charge in [-0.2, -0.15) is 0 Å². The van der Waals surface area contributed by atoms with Gasteiger partial charge in [-0.1, -0.05) is 94.6 Å². The number of nitrogens with one attached hydrogen (secondary N) is 1. The van der Waals surface area contributed by atoms with E-state index in [0.717, 1.165) is 122 Å². The van der Waals surface area contributed by atoms with Crippen LogP contribution in [0.1, 0.15) is 191 Å². The van der Waals surface area contributed by atoms with Gasteiger partial charge in [-0.3, -0.25) is 37.2 Å². The number of aromatic carboxylic acids is 1. The monoisotopic (exact) mass is 1890 g/mol. The number of rotatable bonds is 25. The summed E-state index contributed by atoms with van der Waals surface area (Å²) in [4.78, 5) is 153. The zero-order valence-corrected chi connectivity index (χ0v) is 81.9. The van der Waals surface area contributed by atoms with Gasteiger partial charge in [0, 0.05) is 49.3 Å². The van der Waals surface area contributed by atoms with E-state index in [1.807, 2.05) is 146 Å². The number of benzene rings is 8. The van der Waals surface area contributed by atoms with E-state index in [1.54, 1.807) is 87.8 Å². The van der Waals surface area contributed by atoms with Crippen LogP contribution in [0.25, 0.3) is 33.1 Å². The smallest absolute Gasteiger partial charge is 1.00 e. The number of aromatic amines is 1. The summed E-state index contributed by atoms with van der Waals surface area (Å²) >= 11 is 4.60. The number of hydrogen-bond donors (Lipinski definition) is 6. The van der Waals surface area contributed by atoms with Crippen molar-refractivity contribution in [3.8, 4) is 28.7 Å². The summed E-state index contributed by atoms with van der Waals surface area (Å²) in [6, 6.07) is 38.7. The number of methoxy groups -OCH3 is 7. The molecule has 3 aromatic heterocycles. The van der Waals surface area contributed by atoms with Crippen molar-refractivity contribution in [1.29, 1.82) is 0 Å². The average molecular weight is 1890 g/mol. The maximum atomic E-state index is 13.7. The third kappa shape index (κ3) is 32.5. The first kappa shape index (κ1) is 115. The Morgan fingerprint density at radius 2 is 0.754 bits per heavy atom. The number of aliphatic hydroxyl groups is 1. The second-order valence-electron chi connectivity index (χ2n) is 30.2. The molecule has 0 aliphatic carbocycles. The minimum Gasteiger partial charge on any atom is -1.00 e. The summed E-state index contributed by atoms with van der Waals surface area (Å²) in [5.41, 5.74) is 13.1. The Hall–Kier alpha value is -13.4. The molecule has 8 aromatic carbocycles. The molecule has 35 nitrogen and oxygen atoms in total. The van der Waals surface area contributed by atoms with E-state index in [2.05, 4.69) is 45.0 Å². The molecule has 0 aliphatic heterocycles. The molecule has 38 heteroatoms. The summed E-state index contributed by atoms with van der Waals surface area (Å²) in [6.45, 7) is 24.2. The number of aromatic hydroxyl groups is 2. The number of ether oxygens (including phenoxy) is 11. The maximum absolute atomic E-state index is 13.7. The quantitative estimate of drug-likeness (QED) is 0.00773. The topological polar surface area (TPSA) is 465 Å². The standard InChI is InChI=1S/C25H30N2O6.C22H26N2O4.C14H18N2O3.C13H14O7.C11H14O4.C9H10O3.C2H3ClO2.B.Na.H/c1-6-9-19(14-23(28)31-4)27-21-11-8-7-10-20(21)26(24(27)29)15-18-12-16(2)13-22(17(18)3)33-25(30)32-5;1-4-7-17(12-21(26)27)24-19-9-6-5-8-18(19)23(22(24)28)13-16-10-14(2)11-20(25)15(16)3;1-3-6-10(9-13(17)19-2)16-12-8-5-4-7-11(12)15-14(16)18;1-7-5-9(11(14)20-13(16)18-4)8(2)10(6-7)19-12(15)17-3;1-7-4-9(6-12)8(2)10(5-7)15-11(13)14-3;1-5-3-7(9(11)12)6(2)8(10)4-5;1-5-2(3)4;;;/h7-8,10-13,19H,6,9,14-15H2,1-5H3;5-6,8-11,17,25H,4,7,12-13H2,1-3H3,(H,26,27);4-5,7-8,10H,3,6,9H2,1-2H3,(H,15,18);5-6H,1-4H3;4-5,12H,6H2,1-3H3;3-4,10H,1-2H3,(H,11,12);1H3;;;/q;;;;;;;;+1;-1. The minimum atomic E-state index is -1.12. The summed E-state index contributed by atoms with van der Waals surface area (Å²) in [5, 5.41) is 46.5. The van der Waals surface area contributed by atoms with Crippen LogP contribution in [0.3, 0.4) is 0 Å². The van der Waals surface area contributed by atoms with Gasteiger partial charge in [0.2, 0.25) is 0 Å². The molecule has 3 radical (unpaired) electrons. The van der Waals surface area contributed by atoms with Crippen LogP contribution in [-0.2, 0) is 72.0 Å². The van der Waals surface area contributed by atoms with E-state index < -0.39 is 54.0 Å². The number of para-hydroxylation sites is 6. The number of imidazole rings is 3. The Kier molecular flexibility index (Phi) is 47.8. The number of esters is 3. The number of fused-ring (bicyclic) bond motifs is 3. The molecule has 3 atom stereocenters. The average Bonchev–Trinajstić information content (AvgIpc) is 1.61. The van der Waals surface area contributed by atoms with Crippen LogP contribution in [0.2, 0.25) is 0 Å². The Morgan fingerprint density at radius 3 is 1.15 bits per heavy atom. The molecule has 0 fully saturated rings. The second kappa shape index (κ2) is 55.8. The van der Waals surface area contributed by atoms with Crippen LogP contribution in [0.5, 0.6) is 28.7 Å². The van der Waals surface area contributed by atoms with E-state index in [-0.39, 0.29) is 141 Å². The van der Waals surface area contributed by atoms with Gasteiger partial charge in [-0.15, -0.1) is 0 Å². The Balaban J connectivity index is 0.000000555. The number of halogens is 1. The van der Waals surface area contributed by atoms with E-state index in [9.17, 15) is 77.6 Å². The molecule has 0 amide bonds. The number of H-pyrrole nitrogens is 1. The van der Waals surface area contributed by atoms with Crippen molar-refractivity contribution in [2.24, 2.45) is 0 Å². The first-order chi connectivity index (χ1) is 62.5. The van der Waals surface area contributed by atoms with E-state index in [0.29, 0.717) is 47.6 Å². The number of aryl methyl sites for hydroxylation is 5. The fourth-order valence-corrected chi connectivity index (χ4v) is 14.2. The van der Waals surface area contributed by atoms with Gasteiger partial charge in [0.1, 0.15) is 28.7 Å². The molecule has 11 rings (SSSR count). The van der Waals surface area contributed by atoms with Gasteiger partial charge in [0.25, 0.3) is 0 Å². The normalized spacial score (nSPS) is 11.0. The molecule has 0 bridgehead atoms. The van der Waals surface area contributed by atoms with Crippen LogP contribution in [-0.4, -0.2) is 171 Å². The zero-order chi connectivity index (χ0) is 98.7. The van der Waals surface area contributed by atoms with E-state index in [1.165, 1.54) is 54.8 Å². The van der Waals surface area contributed by atoms with Crippen molar-refractivity contribution in [1.82, 2.24) is 27.8 Å². The number of carboxylic acid groups (broad SMARTS) is 2. The molecule has 0 aliphatic rings. The number of hydrogen-bond acceptors (Lipinski definition) is 27. The van der Waals surface area contributed by atoms with Gasteiger partial charge < -0.3 is 84.0 Å². The fraction of sp³-hybridized carbons (Fsp3) is 0.365. The fourth-order valence-electron chi connectivity index (χ4n) is 14.2. The van der Waals surface area contributed by atoms with Crippen molar-refractivity contribution in [3.05, 3.63) is 248 Å². The molecule has 0 saturated heterocycles. The van der Waals surface area contributed by atoms with Crippen LogP contribution in [0, 0.1) is 69.2 Å². The molecule has 3 unspecified atom stereocenters. The third-order valence-corrected chi connectivity index (χ3v) is 20.9. The molecule has 6 N–H and O–H groups in total.